The molecule has 0 bridgehead atoms. The lowest BCUT2D eigenvalue weighted by molar-refractivity contribution is 0.316. The Hall–Kier alpha value is -2.56. The normalized spacial score (nSPS) is 13.0. The van der Waals surface area contributed by atoms with Crippen molar-refractivity contribution in [3.63, 3.8) is 0 Å². The number of nitrogens with zero attached hydrogens (tertiary/aromatic N) is 1. The van der Waals surface area contributed by atoms with Gasteiger partial charge in [0.2, 0.25) is 0 Å². The highest BCUT2D eigenvalue weighted by atomic mass is 19.1. The topological polar surface area (TPSA) is 70.6 Å². The second-order valence-corrected chi connectivity index (χ2v) is 4.86. The lowest BCUT2D eigenvalue weighted by Gasteiger charge is -2.21. The highest BCUT2D eigenvalue weighted by molar-refractivity contribution is 5.81. The van der Waals surface area contributed by atoms with Gasteiger partial charge < -0.3 is 16.3 Å². The Kier molecular flexibility index (Phi) is 4.77. The van der Waals surface area contributed by atoms with Crippen molar-refractivity contribution < 1.29 is 9.60 Å². The van der Waals surface area contributed by atoms with E-state index < -0.39 is 0 Å². The smallest absolute Gasteiger partial charge is 0.141 e. The summed E-state index contributed by atoms with van der Waals surface area (Å²) in [7, 11) is 0. The summed E-state index contributed by atoms with van der Waals surface area (Å²) in [5, 5.41) is 15.1. The minimum absolute atomic E-state index is 0.135. The summed E-state index contributed by atoms with van der Waals surface area (Å²) >= 11 is 0. The fourth-order valence-corrected chi connectivity index (χ4v) is 2.16. The van der Waals surface area contributed by atoms with E-state index in [4.69, 9.17) is 10.9 Å². The van der Waals surface area contributed by atoms with Crippen LogP contribution in [0.4, 0.5) is 10.1 Å². The molecule has 0 radical (unpaired) electrons. The van der Waals surface area contributed by atoms with Gasteiger partial charge in [-0.15, -0.1) is 0 Å². The lowest BCUT2D eigenvalue weighted by Crippen LogP contribution is -2.21. The molecule has 0 aliphatic heterocycles. The van der Waals surface area contributed by atoms with Crippen molar-refractivity contribution in [3.8, 4) is 0 Å². The molecule has 2 rings (SSSR count). The van der Waals surface area contributed by atoms with Crippen molar-refractivity contribution in [2.24, 2.45) is 10.9 Å². The van der Waals surface area contributed by atoms with Gasteiger partial charge in [-0.05, 0) is 36.2 Å². The van der Waals surface area contributed by atoms with Gasteiger partial charge in [-0.3, -0.25) is 0 Å². The van der Waals surface area contributed by atoms with Gasteiger partial charge >= 0.3 is 0 Å². The number of aryl methyl sites for hydroxylation is 1. The average Bonchev–Trinajstić information content (AvgIpc) is 2.49. The number of halogens is 1. The van der Waals surface area contributed by atoms with Crippen molar-refractivity contribution in [2.45, 2.75) is 19.4 Å². The van der Waals surface area contributed by atoms with Gasteiger partial charge in [-0.1, -0.05) is 35.5 Å². The van der Waals surface area contributed by atoms with E-state index in [0.717, 1.165) is 16.8 Å². The van der Waals surface area contributed by atoms with E-state index in [1.165, 1.54) is 12.1 Å². The van der Waals surface area contributed by atoms with Crippen molar-refractivity contribution in [1.29, 1.82) is 0 Å². The Morgan fingerprint density at radius 3 is 2.62 bits per heavy atom. The van der Waals surface area contributed by atoms with E-state index in [0.29, 0.717) is 6.42 Å². The van der Waals surface area contributed by atoms with Crippen molar-refractivity contribution in [2.75, 3.05) is 5.32 Å². The van der Waals surface area contributed by atoms with E-state index in [2.05, 4.69) is 10.5 Å². The van der Waals surface area contributed by atoms with Crippen LogP contribution in [-0.4, -0.2) is 11.0 Å². The molecule has 21 heavy (non-hydrogen) atoms. The second kappa shape index (κ2) is 6.74. The summed E-state index contributed by atoms with van der Waals surface area (Å²) in [6.45, 7) is 1.83. The zero-order chi connectivity index (χ0) is 15.2. The van der Waals surface area contributed by atoms with Crippen LogP contribution in [0.1, 0.15) is 23.6 Å². The number of hydrogen-bond donors (Lipinski definition) is 3. The van der Waals surface area contributed by atoms with Gasteiger partial charge in [0.05, 0.1) is 6.04 Å². The van der Waals surface area contributed by atoms with Crippen LogP contribution in [0.15, 0.2) is 53.7 Å². The van der Waals surface area contributed by atoms with E-state index in [1.807, 2.05) is 37.3 Å². The second-order valence-electron chi connectivity index (χ2n) is 4.86. The third-order valence-corrected chi connectivity index (χ3v) is 3.26. The largest absolute Gasteiger partial charge is 0.409 e. The molecule has 0 fully saturated rings. The first-order chi connectivity index (χ1) is 10.1. The Bertz CT molecular complexity index is 629. The predicted octanol–water partition coefficient (Wildman–Crippen LogP) is 3.42. The van der Waals surface area contributed by atoms with Crippen LogP contribution in [0, 0.1) is 12.7 Å². The molecule has 1 atom stereocenters. The van der Waals surface area contributed by atoms with Crippen LogP contribution < -0.4 is 11.1 Å². The monoisotopic (exact) mass is 287 g/mol. The van der Waals surface area contributed by atoms with Crippen molar-refractivity contribution in [3.05, 3.63) is 65.5 Å². The number of nitrogens with two attached hydrogens (primary N) is 1. The molecule has 0 aromatic heterocycles. The van der Waals surface area contributed by atoms with Gasteiger partial charge in [0.15, 0.2) is 0 Å². The van der Waals surface area contributed by atoms with Crippen LogP contribution in [0.5, 0.6) is 0 Å². The number of anilines is 1. The molecule has 2 aromatic carbocycles. The Balaban J connectivity index is 2.27. The summed E-state index contributed by atoms with van der Waals surface area (Å²) in [4.78, 5) is 0. The number of hydrogen-bond acceptors (Lipinski definition) is 3. The molecule has 0 aliphatic rings. The molecule has 2 aromatic rings. The Morgan fingerprint density at radius 1 is 1.29 bits per heavy atom. The number of benzene rings is 2. The molecule has 0 spiro atoms. The summed E-state index contributed by atoms with van der Waals surface area (Å²) in [5.74, 6) is -0.137. The fourth-order valence-electron chi connectivity index (χ4n) is 2.16. The van der Waals surface area contributed by atoms with Gasteiger partial charge in [-0.25, -0.2) is 4.39 Å². The summed E-state index contributed by atoms with van der Waals surface area (Å²) in [6.07, 6.45) is 0.345. The fraction of sp³-hybridized carbons (Fsp3) is 0.188. The van der Waals surface area contributed by atoms with Gasteiger partial charge in [0, 0.05) is 12.1 Å². The molecular formula is C16H18FN3O. The molecule has 0 amide bonds. The van der Waals surface area contributed by atoms with Crippen LogP contribution in [0.3, 0.4) is 0 Å². The van der Waals surface area contributed by atoms with Gasteiger partial charge in [0.25, 0.3) is 0 Å². The van der Waals surface area contributed by atoms with E-state index >= 15 is 0 Å². The SMILES string of the molecule is Cc1cc(F)ccc1NC(CC(N)=NO)c1ccccc1. The van der Waals surface area contributed by atoms with E-state index in [9.17, 15) is 4.39 Å². The minimum Gasteiger partial charge on any atom is -0.409 e. The molecule has 5 heteroatoms. The third-order valence-electron chi connectivity index (χ3n) is 3.26. The standard InChI is InChI=1S/C16H18FN3O/c1-11-9-13(17)7-8-14(11)19-15(10-16(18)20-21)12-5-3-2-4-6-12/h2-9,15,19,21H,10H2,1H3,(H2,18,20). The van der Waals surface area contributed by atoms with Crippen molar-refractivity contribution in [1.82, 2.24) is 0 Å². The first-order valence-corrected chi connectivity index (χ1v) is 6.64. The molecule has 110 valence electrons. The molecular weight excluding hydrogens is 269 g/mol. The molecule has 4 N–H and O–H groups in total. The molecule has 0 aliphatic carbocycles. The van der Waals surface area contributed by atoms with Crippen molar-refractivity contribution >= 4 is 11.5 Å². The summed E-state index contributed by atoms with van der Waals surface area (Å²) < 4.78 is 13.2. The Labute approximate surface area is 123 Å². The van der Waals surface area contributed by atoms with Crippen LogP contribution in [-0.2, 0) is 0 Å². The van der Waals surface area contributed by atoms with Gasteiger partial charge in [0.1, 0.15) is 11.7 Å². The zero-order valence-electron chi connectivity index (χ0n) is 11.8. The quantitative estimate of drug-likeness (QED) is 0.341. The molecule has 0 saturated heterocycles. The van der Waals surface area contributed by atoms with Crippen LogP contribution in [0.2, 0.25) is 0 Å². The van der Waals surface area contributed by atoms with Gasteiger partial charge in [-0.2, -0.15) is 0 Å². The maximum absolute atomic E-state index is 13.2. The van der Waals surface area contributed by atoms with Crippen LogP contribution >= 0.6 is 0 Å². The van der Waals surface area contributed by atoms with E-state index in [-0.39, 0.29) is 17.7 Å². The minimum atomic E-state index is -0.272. The highest BCUT2D eigenvalue weighted by Gasteiger charge is 2.14. The summed E-state index contributed by atoms with van der Waals surface area (Å²) in [5.41, 5.74) is 8.25. The molecule has 0 saturated carbocycles. The number of rotatable bonds is 5. The number of nitrogens with one attached hydrogen (secondary N) is 1. The first kappa shape index (κ1) is 14.8. The number of oxime groups is 1. The van der Waals surface area contributed by atoms with E-state index in [1.54, 1.807) is 6.07 Å². The molecule has 0 heterocycles. The third kappa shape index (κ3) is 3.95. The predicted molar refractivity (Wildman–Crippen MR) is 82.0 cm³/mol. The Morgan fingerprint density at radius 2 is 2.00 bits per heavy atom. The molecule has 1 unspecified atom stereocenters. The maximum Gasteiger partial charge on any atom is 0.141 e. The maximum atomic E-state index is 13.2. The highest BCUT2D eigenvalue weighted by Crippen LogP contribution is 2.25. The van der Waals surface area contributed by atoms with Crippen LogP contribution in [0.25, 0.3) is 0 Å². The molecule has 4 nitrogen and oxygen atoms in total. The number of amidine groups is 1. The summed E-state index contributed by atoms with van der Waals surface area (Å²) in [6, 6.07) is 14.1. The zero-order valence-corrected chi connectivity index (χ0v) is 11.8. The lowest BCUT2D eigenvalue weighted by atomic mass is 10.0. The average molecular weight is 287 g/mol. The first-order valence-electron chi connectivity index (χ1n) is 6.64.